The molecule has 0 aliphatic carbocycles. The molecule has 0 saturated carbocycles. The summed E-state index contributed by atoms with van der Waals surface area (Å²) in [6.07, 6.45) is 3.76. The summed E-state index contributed by atoms with van der Waals surface area (Å²) in [5.41, 5.74) is 1.46. The Morgan fingerprint density at radius 3 is 2.62 bits per heavy atom. The van der Waals surface area contributed by atoms with Crippen molar-refractivity contribution < 1.29 is 0 Å². The van der Waals surface area contributed by atoms with E-state index in [4.69, 9.17) is 0 Å². The van der Waals surface area contributed by atoms with E-state index in [1.807, 2.05) is 11.8 Å². The molecule has 90 valence electrons. The van der Waals surface area contributed by atoms with E-state index in [0.717, 1.165) is 0 Å². The molecular weight excluding hydrogens is 214 g/mol. The Hall–Kier alpha value is -0.470. The summed E-state index contributed by atoms with van der Waals surface area (Å²) in [4.78, 5) is 0. The van der Waals surface area contributed by atoms with Crippen molar-refractivity contribution in [1.82, 2.24) is 5.32 Å². The van der Waals surface area contributed by atoms with Gasteiger partial charge in [0.2, 0.25) is 0 Å². The molecule has 0 fully saturated rings. The molecule has 1 rings (SSSR count). The normalized spacial score (nSPS) is 12.6. The fourth-order valence-electron chi connectivity index (χ4n) is 1.77. The maximum absolute atomic E-state index is 3.40. The van der Waals surface area contributed by atoms with Gasteiger partial charge in [-0.05, 0) is 37.6 Å². The Bertz CT molecular complexity index is 261. The molecule has 0 saturated heterocycles. The largest absolute Gasteiger partial charge is 0.316 e. The lowest BCUT2D eigenvalue weighted by Gasteiger charge is -2.15. The molecule has 0 aliphatic heterocycles. The average molecular weight is 237 g/mol. The molecule has 0 amide bonds. The average Bonchev–Trinajstić information content (AvgIpc) is 2.35. The number of nitrogens with one attached hydrogen (secondary N) is 1. The van der Waals surface area contributed by atoms with Gasteiger partial charge >= 0.3 is 0 Å². The summed E-state index contributed by atoms with van der Waals surface area (Å²) >= 11 is 2.02. The fourth-order valence-corrected chi connectivity index (χ4v) is 2.62. The highest BCUT2D eigenvalue weighted by atomic mass is 32.2. The zero-order valence-electron chi connectivity index (χ0n) is 10.4. The summed E-state index contributed by atoms with van der Waals surface area (Å²) in [6, 6.07) is 11.4. The van der Waals surface area contributed by atoms with Crippen LogP contribution in [-0.4, -0.2) is 24.6 Å². The van der Waals surface area contributed by atoms with Crippen molar-refractivity contribution in [2.45, 2.75) is 32.2 Å². The first kappa shape index (κ1) is 13.6. The van der Waals surface area contributed by atoms with Crippen molar-refractivity contribution in [3.8, 4) is 0 Å². The third kappa shape index (κ3) is 5.57. The lowest BCUT2D eigenvalue weighted by Crippen LogP contribution is -2.27. The maximum Gasteiger partial charge on any atom is 0.0155 e. The van der Waals surface area contributed by atoms with Gasteiger partial charge in [0.25, 0.3) is 0 Å². The number of benzene rings is 1. The molecule has 0 heterocycles. The van der Waals surface area contributed by atoms with Crippen LogP contribution in [-0.2, 0) is 6.42 Å². The molecule has 0 radical (unpaired) electrons. The second-order valence-corrected chi connectivity index (χ2v) is 5.34. The number of aryl methyl sites for hydroxylation is 1. The molecule has 2 heteroatoms. The zero-order chi connectivity index (χ0) is 11.6. The van der Waals surface area contributed by atoms with Crippen molar-refractivity contribution >= 4 is 11.8 Å². The number of thioether (sulfide) groups is 1. The molecule has 1 aromatic carbocycles. The Morgan fingerprint density at radius 2 is 2.00 bits per heavy atom. The Balaban J connectivity index is 2.18. The van der Waals surface area contributed by atoms with E-state index in [-0.39, 0.29) is 0 Å². The number of hydrogen-bond acceptors (Lipinski definition) is 2. The molecule has 0 bridgehead atoms. The van der Waals surface area contributed by atoms with Crippen LogP contribution in [0.3, 0.4) is 0 Å². The highest BCUT2D eigenvalue weighted by Crippen LogP contribution is 2.10. The first-order chi connectivity index (χ1) is 7.86. The minimum atomic E-state index is 0.675. The van der Waals surface area contributed by atoms with E-state index in [1.165, 1.54) is 36.3 Å². The highest BCUT2D eigenvalue weighted by Gasteiger charge is 2.05. The molecular formula is C14H23NS. The molecule has 16 heavy (non-hydrogen) atoms. The minimum Gasteiger partial charge on any atom is -0.316 e. The van der Waals surface area contributed by atoms with Gasteiger partial charge < -0.3 is 5.32 Å². The monoisotopic (exact) mass is 237 g/mol. The first-order valence-corrected chi connectivity index (χ1v) is 7.31. The molecule has 1 atom stereocenters. The van der Waals surface area contributed by atoms with E-state index in [0.29, 0.717) is 6.04 Å². The molecule has 0 aromatic heterocycles. The van der Waals surface area contributed by atoms with Crippen molar-refractivity contribution in [2.75, 3.05) is 18.6 Å². The second-order valence-electron chi connectivity index (χ2n) is 4.02. The van der Waals surface area contributed by atoms with E-state index in [2.05, 4.69) is 49.6 Å². The van der Waals surface area contributed by atoms with Crippen LogP contribution in [0.15, 0.2) is 30.3 Å². The van der Waals surface area contributed by atoms with Gasteiger partial charge in [0.15, 0.2) is 0 Å². The van der Waals surface area contributed by atoms with Crippen LogP contribution in [0.5, 0.6) is 0 Å². The van der Waals surface area contributed by atoms with Crippen LogP contribution in [0.1, 0.15) is 25.3 Å². The third-order valence-corrected chi connectivity index (χ3v) is 3.84. The van der Waals surface area contributed by atoms with Crippen LogP contribution in [0.25, 0.3) is 0 Å². The van der Waals surface area contributed by atoms with Crippen LogP contribution >= 0.6 is 11.8 Å². The van der Waals surface area contributed by atoms with Crippen molar-refractivity contribution in [3.05, 3.63) is 35.9 Å². The van der Waals surface area contributed by atoms with Gasteiger partial charge in [-0.25, -0.2) is 0 Å². The molecule has 1 unspecified atom stereocenters. The Morgan fingerprint density at radius 1 is 1.25 bits per heavy atom. The summed E-state index contributed by atoms with van der Waals surface area (Å²) < 4.78 is 0. The topological polar surface area (TPSA) is 12.0 Å². The number of hydrogen-bond donors (Lipinski definition) is 1. The molecule has 1 nitrogen and oxygen atoms in total. The maximum atomic E-state index is 3.40. The van der Waals surface area contributed by atoms with Gasteiger partial charge in [0.05, 0.1) is 0 Å². The van der Waals surface area contributed by atoms with Gasteiger partial charge in [-0.15, -0.1) is 0 Å². The predicted octanol–water partition coefficient (Wildman–Crippen LogP) is 3.35. The number of rotatable bonds is 8. The standard InChI is InChI=1S/C14H23NS/c1-3-16-12-14(15-2)11-7-10-13-8-5-4-6-9-13/h4-6,8-9,14-15H,3,7,10-12H2,1-2H3. The van der Waals surface area contributed by atoms with E-state index in [9.17, 15) is 0 Å². The summed E-state index contributed by atoms with van der Waals surface area (Å²) in [7, 11) is 2.07. The zero-order valence-corrected chi connectivity index (χ0v) is 11.2. The fraction of sp³-hybridized carbons (Fsp3) is 0.571. The summed E-state index contributed by atoms with van der Waals surface area (Å²) in [5.74, 6) is 2.46. The summed E-state index contributed by atoms with van der Waals surface area (Å²) in [6.45, 7) is 2.22. The van der Waals surface area contributed by atoms with Crippen molar-refractivity contribution in [3.63, 3.8) is 0 Å². The quantitative estimate of drug-likeness (QED) is 0.744. The van der Waals surface area contributed by atoms with Crippen LogP contribution in [0.4, 0.5) is 0 Å². The van der Waals surface area contributed by atoms with Gasteiger partial charge in [-0.2, -0.15) is 11.8 Å². The van der Waals surface area contributed by atoms with Gasteiger partial charge in [-0.3, -0.25) is 0 Å². The Kier molecular flexibility index (Phi) is 7.35. The van der Waals surface area contributed by atoms with E-state index in [1.54, 1.807) is 0 Å². The van der Waals surface area contributed by atoms with Crippen LogP contribution < -0.4 is 5.32 Å². The van der Waals surface area contributed by atoms with Crippen LogP contribution in [0, 0.1) is 0 Å². The smallest absolute Gasteiger partial charge is 0.0155 e. The van der Waals surface area contributed by atoms with Crippen molar-refractivity contribution in [1.29, 1.82) is 0 Å². The minimum absolute atomic E-state index is 0.675. The molecule has 1 aromatic rings. The molecule has 0 aliphatic rings. The van der Waals surface area contributed by atoms with Crippen LogP contribution in [0.2, 0.25) is 0 Å². The van der Waals surface area contributed by atoms with E-state index < -0.39 is 0 Å². The SMILES string of the molecule is CCSCC(CCCc1ccccc1)NC. The molecule has 1 N–H and O–H groups in total. The van der Waals surface area contributed by atoms with E-state index >= 15 is 0 Å². The third-order valence-electron chi connectivity index (χ3n) is 2.79. The van der Waals surface area contributed by atoms with Gasteiger partial charge in [0, 0.05) is 11.8 Å². The first-order valence-electron chi connectivity index (χ1n) is 6.15. The summed E-state index contributed by atoms with van der Waals surface area (Å²) in [5, 5.41) is 3.40. The highest BCUT2D eigenvalue weighted by molar-refractivity contribution is 7.99. The lowest BCUT2D eigenvalue weighted by molar-refractivity contribution is 0.549. The second kappa shape index (κ2) is 8.66. The van der Waals surface area contributed by atoms with Gasteiger partial charge in [0.1, 0.15) is 0 Å². The van der Waals surface area contributed by atoms with Crippen molar-refractivity contribution in [2.24, 2.45) is 0 Å². The van der Waals surface area contributed by atoms with Gasteiger partial charge in [-0.1, -0.05) is 37.3 Å². The Labute approximate surface area is 104 Å². The lowest BCUT2D eigenvalue weighted by atomic mass is 10.1. The predicted molar refractivity (Wildman–Crippen MR) is 75.2 cm³/mol. The molecule has 0 spiro atoms.